The molecule has 0 radical (unpaired) electrons. The molecule has 3 aromatic heterocycles. The number of furan rings is 1. The zero-order chi connectivity index (χ0) is 17.8. The van der Waals surface area contributed by atoms with Gasteiger partial charge in [0.05, 0.1) is 12.8 Å². The Morgan fingerprint density at radius 3 is 2.81 bits per heavy atom. The van der Waals surface area contributed by atoms with Gasteiger partial charge in [-0.05, 0) is 36.8 Å². The van der Waals surface area contributed by atoms with Crippen LogP contribution in [-0.2, 0) is 12.3 Å². The van der Waals surface area contributed by atoms with Crippen LogP contribution in [-0.4, -0.2) is 19.7 Å². The lowest BCUT2D eigenvalue weighted by Gasteiger charge is -2.09. The zero-order valence-corrected chi connectivity index (χ0v) is 15.2. The van der Waals surface area contributed by atoms with Crippen LogP contribution in [0.15, 0.2) is 76.8 Å². The SMILES string of the molecule is Cc1cccc(CSc2nnc(-c3cccnc3)n2Cc2ccco2)c1. The van der Waals surface area contributed by atoms with Crippen molar-refractivity contribution >= 4 is 11.8 Å². The first-order chi connectivity index (χ1) is 12.8. The summed E-state index contributed by atoms with van der Waals surface area (Å²) < 4.78 is 7.61. The highest BCUT2D eigenvalue weighted by atomic mass is 32.2. The van der Waals surface area contributed by atoms with Crippen molar-refractivity contribution in [2.24, 2.45) is 0 Å². The van der Waals surface area contributed by atoms with Gasteiger partial charge in [0, 0.05) is 23.7 Å². The quantitative estimate of drug-likeness (QED) is 0.470. The fraction of sp³-hybridized carbons (Fsp3) is 0.150. The molecule has 4 aromatic rings. The Morgan fingerprint density at radius 2 is 2.04 bits per heavy atom. The maximum Gasteiger partial charge on any atom is 0.192 e. The van der Waals surface area contributed by atoms with Crippen LogP contribution in [0.4, 0.5) is 0 Å². The van der Waals surface area contributed by atoms with Crippen molar-refractivity contribution in [1.82, 2.24) is 19.7 Å². The van der Waals surface area contributed by atoms with Gasteiger partial charge >= 0.3 is 0 Å². The molecule has 0 N–H and O–H groups in total. The smallest absolute Gasteiger partial charge is 0.192 e. The molecule has 0 bridgehead atoms. The van der Waals surface area contributed by atoms with Gasteiger partial charge in [-0.1, -0.05) is 41.6 Å². The Kier molecular flexibility index (Phi) is 4.84. The second-order valence-electron chi connectivity index (χ2n) is 5.99. The molecule has 0 fully saturated rings. The topological polar surface area (TPSA) is 56.7 Å². The molecular weight excluding hydrogens is 344 g/mol. The number of pyridine rings is 1. The van der Waals surface area contributed by atoms with Gasteiger partial charge in [-0.2, -0.15) is 0 Å². The highest BCUT2D eigenvalue weighted by Crippen LogP contribution is 2.27. The second kappa shape index (κ2) is 7.58. The van der Waals surface area contributed by atoms with E-state index in [-0.39, 0.29) is 0 Å². The third-order valence-corrected chi connectivity index (χ3v) is 5.02. The van der Waals surface area contributed by atoms with Crippen molar-refractivity contribution in [3.05, 3.63) is 84.1 Å². The molecule has 0 atom stereocenters. The molecule has 0 aliphatic rings. The molecule has 0 saturated heterocycles. The van der Waals surface area contributed by atoms with Crippen LogP contribution in [0.25, 0.3) is 11.4 Å². The summed E-state index contributed by atoms with van der Waals surface area (Å²) in [5, 5.41) is 9.69. The molecule has 1 aromatic carbocycles. The van der Waals surface area contributed by atoms with Gasteiger partial charge in [0.2, 0.25) is 0 Å². The summed E-state index contributed by atoms with van der Waals surface area (Å²) in [6.45, 7) is 2.69. The Morgan fingerprint density at radius 1 is 1.08 bits per heavy atom. The standard InChI is InChI=1S/C20H18N4OS/c1-15-5-2-6-16(11-15)14-26-20-23-22-19(17-7-3-9-21-12-17)24(20)13-18-8-4-10-25-18/h2-12H,13-14H2,1H3. The van der Waals surface area contributed by atoms with E-state index in [0.717, 1.165) is 28.1 Å². The van der Waals surface area contributed by atoms with E-state index in [4.69, 9.17) is 4.42 Å². The molecule has 0 spiro atoms. The summed E-state index contributed by atoms with van der Waals surface area (Å²) in [6.07, 6.45) is 5.24. The van der Waals surface area contributed by atoms with Gasteiger partial charge in [-0.15, -0.1) is 10.2 Å². The first-order valence-electron chi connectivity index (χ1n) is 8.34. The normalized spacial score (nSPS) is 11.0. The average molecular weight is 362 g/mol. The third-order valence-electron chi connectivity index (χ3n) is 3.98. The number of nitrogens with zero attached hydrogens (tertiary/aromatic N) is 4. The molecule has 0 saturated carbocycles. The Labute approximate surface area is 156 Å². The van der Waals surface area contributed by atoms with Gasteiger partial charge < -0.3 is 4.42 Å². The Bertz CT molecular complexity index is 980. The predicted molar refractivity (Wildman–Crippen MR) is 102 cm³/mol. The van der Waals surface area contributed by atoms with Crippen LogP contribution in [0.5, 0.6) is 0 Å². The minimum Gasteiger partial charge on any atom is -0.467 e. The molecule has 0 unspecified atom stereocenters. The molecule has 0 amide bonds. The van der Waals surface area contributed by atoms with Crippen molar-refractivity contribution in [2.45, 2.75) is 24.4 Å². The van der Waals surface area contributed by atoms with E-state index in [1.807, 2.05) is 24.3 Å². The lowest BCUT2D eigenvalue weighted by Crippen LogP contribution is -2.03. The first kappa shape index (κ1) is 16.6. The van der Waals surface area contributed by atoms with E-state index in [1.54, 1.807) is 30.4 Å². The fourth-order valence-corrected chi connectivity index (χ4v) is 3.64. The van der Waals surface area contributed by atoms with Gasteiger partial charge in [-0.3, -0.25) is 9.55 Å². The number of aryl methyl sites for hydroxylation is 1. The maximum absolute atomic E-state index is 5.53. The largest absolute Gasteiger partial charge is 0.467 e. The van der Waals surface area contributed by atoms with E-state index < -0.39 is 0 Å². The molecule has 4 rings (SSSR count). The van der Waals surface area contributed by atoms with E-state index in [9.17, 15) is 0 Å². The van der Waals surface area contributed by atoms with E-state index in [2.05, 4.69) is 50.9 Å². The monoisotopic (exact) mass is 362 g/mol. The summed E-state index contributed by atoms with van der Waals surface area (Å²) in [5.41, 5.74) is 3.47. The van der Waals surface area contributed by atoms with Crippen molar-refractivity contribution in [2.75, 3.05) is 0 Å². The number of aromatic nitrogens is 4. The minimum absolute atomic E-state index is 0.584. The highest BCUT2D eigenvalue weighted by molar-refractivity contribution is 7.98. The first-order valence-corrected chi connectivity index (χ1v) is 9.32. The molecule has 6 heteroatoms. The van der Waals surface area contributed by atoms with Crippen LogP contribution in [0.2, 0.25) is 0 Å². The Hall–Kier alpha value is -2.86. The van der Waals surface area contributed by atoms with E-state index in [0.29, 0.717) is 6.54 Å². The van der Waals surface area contributed by atoms with Crippen LogP contribution >= 0.6 is 11.8 Å². The van der Waals surface area contributed by atoms with E-state index >= 15 is 0 Å². The van der Waals surface area contributed by atoms with E-state index in [1.165, 1.54) is 11.1 Å². The second-order valence-corrected chi connectivity index (χ2v) is 6.93. The van der Waals surface area contributed by atoms with Gasteiger partial charge in [0.25, 0.3) is 0 Å². The van der Waals surface area contributed by atoms with Gasteiger partial charge in [0.1, 0.15) is 5.76 Å². The summed E-state index contributed by atoms with van der Waals surface area (Å²) in [6, 6.07) is 16.3. The summed E-state index contributed by atoms with van der Waals surface area (Å²) >= 11 is 1.67. The zero-order valence-electron chi connectivity index (χ0n) is 14.4. The highest BCUT2D eigenvalue weighted by Gasteiger charge is 2.16. The lowest BCUT2D eigenvalue weighted by atomic mass is 10.2. The fourth-order valence-electron chi connectivity index (χ4n) is 2.75. The van der Waals surface area contributed by atoms with Crippen molar-refractivity contribution < 1.29 is 4.42 Å². The molecular formula is C20H18N4OS. The van der Waals surface area contributed by atoms with Crippen LogP contribution in [0.3, 0.4) is 0 Å². The molecule has 26 heavy (non-hydrogen) atoms. The molecule has 130 valence electrons. The number of hydrogen-bond acceptors (Lipinski definition) is 5. The Balaban J connectivity index is 1.64. The average Bonchev–Trinajstić information content (AvgIpc) is 3.31. The van der Waals surface area contributed by atoms with Crippen molar-refractivity contribution in [3.63, 3.8) is 0 Å². The minimum atomic E-state index is 0.584. The number of rotatable bonds is 6. The van der Waals surface area contributed by atoms with Crippen molar-refractivity contribution in [3.8, 4) is 11.4 Å². The number of hydrogen-bond donors (Lipinski definition) is 0. The maximum atomic E-state index is 5.53. The summed E-state index contributed by atoms with van der Waals surface area (Å²) in [7, 11) is 0. The molecule has 5 nitrogen and oxygen atoms in total. The number of benzene rings is 1. The van der Waals surface area contributed by atoms with Gasteiger partial charge in [0.15, 0.2) is 11.0 Å². The van der Waals surface area contributed by atoms with Crippen LogP contribution in [0.1, 0.15) is 16.9 Å². The van der Waals surface area contributed by atoms with Crippen LogP contribution in [0, 0.1) is 6.92 Å². The summed E-state index contributed by atoms with van der Waals surface area (Å²) in [5.74, 6) is 2.50. The lowest BCUT2D eigenvalue weighted by molar-refractivity contribution is 0.485. The number of thioether (sulfide) groups is 1. The van der Waals surface area contributed by atoms with Crippen LogP contribution < -0.4 is 0 Å². The van der Waals surface area contributed by atoms with Crippen molar-refractivity contribution in [1.29, 1.82) is 0 Å². The molecule has 3 heterocycles. The molecule has 0 aliphatic carbocycles. The van der Waals surface area contributed by atoms with Gasteiger partial charge in [-0.25, -0.2) is 0 Å². The summed E-state index contributed by atoms with van der Waals surface area (Å²) in [4.78, 5) is 4.20. The molecule has 0 aliphatic heterocycles. The third kappa shape index (κ3) is 3.70. The predicted octanol–water partition coefficient (Wildman–Crippen LogP) is 4.58.